The number of furan rings is 1. The summed E-state index contributed by atoms with van der Waals surface area (Å²) in [6, 6.07) is 4.84. The van der Waals surface area contributed by atoms with Crippen LogP contribution in [0.2, 0.25) is 0 Å². The quantitative estimate of drug-likeness (QED) is 0.375. The monoisotopic (exact) mass is 478 g/mol. The number of nitrogens with zero attached hydrogens (tertiary/aromatic N) is 2. The number of hydrogen-bond donors (Lipinski definition) is 2. The molecule has 0 unspecified atom stereocenters. The predicted molar refractivity (Wildman–Crippen MR) is 128 cm³/mol. The summed E-state index contributed by atoms with van der Waals surface area (Å²) in [5.74, 6) is 0.183. The first-order valence-electron chi connectivity index (χ1n) is 12.1. The van der Waals surface area contributed by atoms with E-state index in [0.717, 1.165) is 23.2 Å². The number of hydroxylamine groups is 2. The molecule has 1 spiro atoms. The van der Waals surface area contributed by atoms with Crippen molar-refractivity contribution in [1.82, 2.24) is 9.96 Å². The molecule has 184 valence electrons. The lowest BCUT2D eigenvalue weighted by molar-refractivity contribution is -0.237. The van der Waals surface area contributed by atoms with Crippen molar-refractivity contribution in [3.63, 3.8) is 0 Å². The van der Waals surface area contributed by atoms with Gasteiger partial charge >= 0.3 is 0 Å². The zero-order valence-electron chi connectivity index (χ0n) is 19.7. The maximum Gasteiger partial charge on any atom is 0.270 e. The van der Waals surface area contributed by atoms with Gasteiger partial charge < -0.3 is 19.4 Å². The van der Waals surface area contributed by atoms with Gasteiger partial charge in [0.25, 0.3) is 5.91 Å². The van der Waals surface area contributed by atoms with Gasteiger partial charge in [0.2, 0.25) is 0 Å². The number of rotatable bonds is 6. The number of benzene rings is 1. The van der Waals surface area contributed by atoms with Gasteiger partial charge in [0.1, 0.15) is 6.10 Å². The third-order valence-corrected chi connectivity index (χ3v) is 8.58. The number of carbonyl (C=O) groups excluding carboxylic acids is 1. The van der Waals surface area contributed by atoms with Crippen LogP contribution in [-0.2, 0) is 21.5 Å². The van der Waals surface area contributed by atoms with Crippen molar-refractivity contribution in [2.24, 2.45) is 0 Å². The predicted octanol–water partition coefficient (Wildman–Crippen LogP) is 2.80. The third-order valence-electron chi connectivity index (χ3n) is 8.58. The van der Waals surface area contributed by atoms with Gasteiger partial charge in [0, 0.05) is 29.8 Å². The fraction of sp³-hybridized carbons (Fsp3) is 0.444. The van der Waals surface area contributed by atoms with Crippen molar-refractivity contribution in [2.75, 3.05) is 20.2 Å². The fourth-order valence-corrected chi connectivity index (χ4v) is 7.23. The van der Waals surface area contributed by atoms with Crippen LogP contribution < -0.4 is 4.74 Å². The van der Waals surface area contributed by atoms with Crippen LogP contribution in [0.1, 0.15) is 36.0 Å². The number of phenols is 1. The summed E-state index contributed by atoms with van der Waals surface area (Å²) in [7, 11) is 1.48. The highest BCUT2D eigenvalue weighted by molar-refractivity contribution is 5.91. The molecule has 4 aliphatic rings. The van der Waals surface area contributed by atoms with E-state index in [4.69, 9.17) is 14.0 Å². The number of aliphatic hydroxyl groups is 1. The summed E-state index contributed by atoms with van der Waals surface area (Å²) in [5.41, 5.74) is 0.956. The van der Waals surface area contributed by atoms with E-state index in [1.807, 2.05) is 12.1 Å². The van der Waals surface area contributed by atoms with Crippen LogP contribution in [0.4, 0.5) is 0 Å². The molecule has 1 saturated carbocycles. The van der Waals surface area contributed by atoms with Crippen molar-refractivity contribution in [2.45, 2.75) is 54.9 Å². The molecule has 2 N–H and O–H groups in total. The number of aromatic hydroxyl groups is 1. The zero-order valence-corrected chi connectivity index (χ0v) is 19.7. The Morgan fingerprint density at radius 3 is 2.97 bits per heavy atom. The Balaban J connectivity index is 1.43. The number of amides is 1. The first-order valence-corrected chi connectivity index (χ1v) is 12.1. The van der Waals surface area contributed by atoms with Crippen molar-refractivity contribution in [3.05, 3.63) is 66.1 Å². The van der Waals surface area contributed by atoms with Gasteiger partial charge in [-0.05, 0) is 56.0 Å². The van der Waals surface area contributed by atoms with E-state index in [1.54, 1.807) is 30.7 Å². The topological polar surface area (TPSA) is 95.6 Å². The van der Waals surface area contributed by atoms with E-state index in [2.05, 4.69) is 11.5 Å². The van der Waals surface area contributed by atoms with Gasteiger partial charge in [-0.25, -0.2) is 5.06 Å². The molecular formula is C27H30N2O6. The van der Waals surface area contributed by atoms with Crippen molar-refractivity contribution in [1.29, 1.82) is 0 Å². The Bertz CT molecular complexity index is 1190. The summed E-state index contributed by atoms with van der Waals surface area (Å²) < 4.78 is 11.6. The highest BCUT2D eigenvalue weighted by atomic mass is 16.7. The Labute approximate surface area is 204 Å². The smallest absolute Gasteiger partial charge is 0.270 e. The number of carbonyl (C=O) groups is 1. The summed E-state index contributed by atoms with van der Waals surface area (Å²) in [4.78, 5) is 21.2. The molecule has 2 fully saturated rings. The lowest BCUT2D eigenvalue weighted by Gasteiger charge is -2.64. The number of phenolic OH excluding ortho intramolecular Hbond substituents is 1. The van der Waals surface area contributed by atoms with Gasteiger partial charge in [-0.15, -0.1) is 6.58 Å². The van der Waals surface area contributed by atoms with E-state index in [0.29, 0.717) is 38.0 Å². The maximum atomic E-state index is 13.2. The minimum Gasteiger partial charge on any atom is -0.504 e. The van der Waals surface area contributed by atoms with Gasteiger partial charge in [-0.1, -0.05) is 12.1 Å². The number of likely N-dealkylation sites (tertiary alicyclic amines) is 1. The number of hydrogen-bond acceptors (Lipinski definition) is 7. The molecule has 6 rings (SSSR count). The molecule has 1 aromatic carbocycles. The van der Waals surface area contributed by atoms with Gasteiger partial charge in [-0.3, -0.25) is 14.5 Å². The molecule has 1 aromatic heterocycles. The molecule has 8 heteroatoms. The highest BCUT2D eigenvalue weighted by Gasteiger charge is 2.73. The molecule has 1 amide bonds. The molecule has 3 heterocycles. The first kappa shape index (κ1) is 22.4. The zero-order chi connectivity index (χ0) is 24.4. The van der Waals surface area contributed by atoms with Crippen LogP contribution in [0, 0.1) is 0 Å². The number of ether oxygens (including phenoxy) is 1. The summed E-state index contributed by atoms with van der Waals surface area (Å²) in [6.07, 6.45) is 9.88. The van der Waals surface area contributed by atoms with Gasteiger partial charge in [-0.2, -0.15) is 0 Å². The van der Waals surface area contributed by atoms with E-state index in [1.165, 1.54) is 18.2 Å². The van der Waals surface area contributed by atoms with Gasteiger partial charge in [0.15, 0.2) is 11.5 Å². The molecule has 5 atom stereocenters. The van der Waals surface area contributed by atoms with Crippen molar-refractivity contribution >= 4 is 12.0 Å². The minimum atomic E-state index is -1.06. The Morgan fingerprint density at radius 2 is 2.23 bits per heavy atom. The second-order valence-electron chi connectivity index (χ2n) is 9.98. The lowest BCUT2D eigenvalue weighted by Crippen LogP contribution is -2.78. The number of piperidine rings is 1. The summed E-state index contributed by atoms with van der Waals surface area (Å²) in [6.45, 7) is 5.37. The molecule has 35 heavy (non-hydrogen) atoms. The summed E-state index contributed by atoms with van der Waals surface area (Å²) >= 11 is 0. The van der Waals surface area contributed by atoms with E-state index in [-0.39, 0.29) is 17.7 Å². The molecule has 2 bridgehead atoms. The minimum absolute atomic E-state index is 0.0655. The van der Waals surface area contributed by atoms with Crippen molar-refractivity contribution < 1.29 is 29.0 Å². The van der Waals surface area contributed by atoms with Crippen LogP contribution in [-0.4, -0.2) is 70.1 Å². The van der Waals surface area contributed by atoms with E-state index >= 15 is 0 Å². The molecule has 1 saturated heterocycles. The van der Waals surface area contributed by atoms with Crippen LogP contribution in [0.5, 0.6) is 11.5 Å². The Hall–Kier alpha value is -3.07. The van der Waals surface area contributed by atoms with Crippen LogP contribution in [0.15, 0.2) is 53.9 Å². The lowest BCUT2D eigenvalue weighted by atomic mass is 9.48. The second kappa shape index (κ2) is 7.98. The molecule has 2 aromatic rings. The summed E-state index contributed by atoms with van der Waals surface area (Å²) in [5, 5.41) is 24.5. The van der Waals surface area contributed by atoms with Crippen molar-refractivity contribution in [3.8, 4) is 11.5 Å². The van der Waals surface area contributed by atoms with Crippen LogP contribution in [0.3, 0.4) is 0 Å². The average Bonchev–Trinajstić information content (AvgIpc) is 3.48. The largest absolute Gasteiger partial charge is 0.504 e. The maximum absolute atomic E-state index is 13.2. The van der Waals surface area contributed by atoms with E-state index in [9.17, 15) is 15.0 Å². The van der Waals surface area contributed by atoms with E-state index < -0.39 is 23.2 Å². The normalized spacial score (nSPS) is 32.8. The average molecular weight is 479 g/mol. The molecule has 2 aliphatic heterocycles. The fourth-order valence-electron chi connectivity index (χ4n) is 7.23. The van der Waals surface area contributed by atoms with Gasteiger partial charge in [0.05, 0.1) is 36.7 Å². The first-order chi connectivity index (χ1) is 16.9. The highest BCUT2D eigenvalue weighted by Crippen LogP contribution is 2.65. The SMILES string of the molecule is C=CCN1CC[C@]23c4c5ccc(O)c4O[C@H]2[C@H](N(OC)C(=O)C=Cc2ccoc2)CC[C@@]3(O)[C@H]1C5. The Morgan fingerprint density at radius 1 is 1.37 bits per heavy atom. The third kappa shape index (κ3) is 2.93. The standard InChI is InChI=1S/C27H30N2O6/c1-3-12-28-13-11-26-23-18-5-6-20(30)24(23)35-25(26)19(8-10-27(26,32)21(28)15-18)29(33-2)22(31)7-4-17-9-14-34-16-17/h3-7,9,14,16,19,21,25,30,32H,1,8,10-13,15H2,2H3/t19-,21-,25+,26+,27-/m1/s1. The second-order valence-corrected chi connectivity index (χ2v) is 9.98. The van der Waals surface area contributed by atoms with Crippen LogP contribution >= 0.6 is 0 Å². The molecule has 8 nitrogen and oxygen atoms in total. The Kier molecular flexibility index (Phi) is 5.11. The molecule has 2 aliphatic carbocycles. The molecule has 0 radical (unpaired) electrons. The van der Waals surface area contributed by atoms with Crippen LogP contribution in [0.25, 0.3) is 6.08 Å². The molecular weight excluding hydrogens is 448 g/mol.